The van der Waals surface area contributed by atoms with E-state index in [2.05, 4.69) is 34.5 Å². The van der Waals surface area contributed by atoms with Crippen LogP contribution in [0.15, 0.2) is 24.3 Å². The highest BCUT2D eigenvalue weighted by Gasteiger charge is 2.35. The van der Waals surface area contributed by atoms with Gasteiger partial charge in [-0.25, -0.2) is 0 Å². The van der Waals surface area contributed by atoms with Gasteiger partial charge in [0.05, 0.1) is 0 Å². The van der Waals surface area contributed by atoms with Crippen molar-refractivity contribution in [2.45, 2.75) is 69.5 Å². The molecule has 2 bridgehead atoms. The van der Waals surface area contributed by atoms with Crippen LogP contribution in [0.2, 0.25) is 0 Å². The molecule has 3 aliphatic rings. The lowest BCUT2D eigenvalue weighted by Gasteiger charge is -2.35. The fourth-order valence-electron chi connectivity index (χ4n) is 4.95. The fourth-order valence-corrected chi connectivity index (χ4v) is 4.95. The minimum atomic E-state index is 0.362. The molecular weight excluding hydrogens is 284 g/mol. The summed E-state index contributed by atoms with van der Waals surface area (Å²) in [6, 6.07) is 10.4. The van der Waals surface area contributed by atoms with Gasteiger partial charge in [-0.2, -0.15) is 0 Å². The number of likely N-dealkylation sites (N-methyl/N-ethyl adjacent to an activating group) is 1. The van der Waals surface area contributed by atoms with E-state index in [9.17, 15) is 4.79 Å². The Kier molecular flexibility index (Phi) is 4.14. The van der Waals surface area contributed by atoms with Crippen LogP contribution in [-0.2, 0) is 17.6 Å². The molecule has 0 radical (unpaired) electrons. The third-order valence-electron chi connectivity index (χ3n) is 6.30. The molecule has 1 aromatic rings. The van der Waals surface area contributed by atoms with E-state index < -0.39 is 0 Å². The molecule has 23 heavy (non-hydrogen) atoms. The Balaban J connectivity index is 1.35. The molecule has 0 aromatic heterocycles. The molecule has 3 atom stereocenters. The lowest BCUT2D eigenvalue weighted by Crippen LogP contribution is -2.43. The molecule has 1 aliphatic carbocycles. The topological polar surface area (TPSA) is 32.3 Å². The summed E-state index contributed by atoms with van der Waals surface area (Å²) in [4.78, 5) is 14.8. The summed E-state index contributed by atoms with van der Waals surface area (Å²) in [7, 11) is 2.02. The number of piperidine rings is 1. The van der Waals surface area contributed by atoms with Crippen molar-refractivity contribution in [3.05, 3.63) is 35.4 Å². The van der Waals surface area contributed by atoms with Crippen molar-refractivity contribution in [3.8, 4) is 0 Å². The highest BCUT2D eigenvalue weighted by atomic mass is 16.2. The number of carbonyl (C=O) groups excluding carboxylic acids is 1. The van der Waals surface area contributed by atoms with Crippen molar-refractivity contribution >= 4 is 5.91 Å². The number of amides is 1. The summed E-state index contributed by atoms with van der Waals surface area (Å²) in [5.74, 6) is 0.959. The van der Waals surface area contributed by atoms with Gasteiger partial charge in [0.1, 0.15) is 0 Å². The highest BCUT2D eigenvalue weighted by molar-refractivity contribution is 5.76. The van der Waals surface area contributed by atoms with Crippen LogP contribution >= 0.6 is 0 Å². The Hall–Kier alpha value is -1.35. The summed E-state index contributed by atoms with van der Waals surface area (Å²) in [5, 5.41) is 3.67. The van der Waals surface area contributed by atoms with E-state index in [0.717, 1.165) is 25.7 Å². The first kappa shape index (κ1) is 15.2. The zero-order chi connectivity index (χ0) is 15.8. The SMILES string of the molecule is CN(C(=O)CC1CC2CCC(C1)N2)C1CCc2ccccc2C1. The van der Waals surface area contributed by atoms with Crippen LogP contribution in [0.4, 0.5) is 0 Å². The standard InChI is InChI=1S/C20H28N2O/c1-22(19-9-6-15-4-2-3-5-16(15)13-19)20(23)12-14-10-17-7-8-18(11-14)21-17/h2-5,14,17-19,21H,6-13H2,1H3. The van der Waals surface area contributed by atoms with Gasteiger partial charge in [-0.3, -0.25) is 4.79 Å². The van der Waals surface area contributed by atoms with Gasteiger partial charge in [0.25, 0.3) is 0 Å². The number of carbonyl (C=O) groups is 1. The molecule has 0 spiro atoms. The van der Waals surface area contributed by atoms with Gasteiger partial charge in [-0.1, -0.05) is 24.3 Å². The summed E-state index contributed by atoms with van der Waals surface area (Å²) in [6.45, 7) is 0. The second-order valence-corrected chi connectivity index (χ2v) is 7.85. The molecular formula is C20H28N2O. The molecule has 1 aromatic carbocycles. The van der Waals surface area contributed by atoms with Crippen molar-refractivity contribution in [2.75, 3.05) is 7.05 Å². The molecule has 3 nitrogen and oxygen atoms in total. The molecule has 2 heterocycles. The number of fused-ring (bicyclic) bond motifs is 3. The van der Waals surface area contributed by atoms with Crippen LogP contribution < -0.4 is 5.32 Å². The van der Waals surface area contributed by atoms with E-state index in [1.165, 1.54) is 36.8 Å². The quantitative estimate of drug-likeness (QED) is 0.931. The van der Waals surface area contributed by atoms with Crippen molar-refractivity contribution < 1.29 is 4.79 Å². The van der Waals surface area contributed by atoms with Crippen LogP contribution in [-0.4, -0.2) is 36.0 Å². The summed E-state index contributed by atoms with van der Waals surface area (Å²) >= 11 is 0. The number of aryl methyl sites for hydroxylation is 1. The third kappa shape index (κ3) is 3.16. The van der Waals surface area contributed by atoms with Gasteiger partial charge in [-0.15, -0.1) is 0 Å². The average molecular weight is 312 g/mol. The molecule has 3 heteroatoms. The van der Waals surface area contributed by atoms with Crippen molar-refractivity contribution in [3.63, 3.8) is 0 Å². The monoisotopic (exact) mass is 312 g/mol. The number of rotatable bonds is 3. The Morgan fingerprint density at radius 2 is 1.83 bits per heavy atom. The van der Waals surface area contributed by atoms with Gasteiger partial charge >= 0.3 is 0 Å². The van der Waals surface area contributed by atoms with Crippen LogP contribution in [0.25, 0.3) is 0 Å². The molecule has 0 saturated carbocycles. The molecule has 4 rings (SSSR count). The van der Waals surface area contributed by atoms with E-state index in [0.29, 0.717) is 30.0 Å². The predicted octanol–water partition coefficient (Wildman–Crippen LogP) is 2.92. The summed E-state index contributed by atoms with van der Waals surface area (Å²) in [5.41, 5.74) is 2.91. The van der Waals surface area contributed by atoms with E-state index in [1.54, 1.807) is 0 Å². The second-order valence-electron chi connectivity index (χ2n) is 7.85. The predicted molar refractivity (Wildman–Crippen MR) is 92.3 cm³/mol. The number of benzene rings is 1. The summed E-state index contributed by atoms with van der Waals surface area (Å²) in [6.07, 6.45) is 9.01. The first-order valence-electron chi connectivity index (χ1n) is 9.27. The van der Waals surface area contributed by atoms with E-state index >= 15 is 0 Å². The second kappa shape index (κ2) is 6.27. The smallest absolute Gasteiger partial charge is 0.222 e. The van der Waals surface area contributed by atoms with Crippen LogP contribution in [0.3, 0.4) is 0 Å². The van der Waals surface area contributed by atoms with Gasteiger partial charge in [0, 0.05) is 31.6 Å². The number of hydrogen-bond acceptors (Lipinski definition) is 2. The van der Waals surface area contributed by atoms with E-state index in [-0.39, 0.29) is 0 Å². The molecule has 2 fully saturated rings. The minimum absolute atomic E-state index is 0.362. The maximum atomic E-state index is 12.8. The summed E-state index contributed by atoms with van der Waals surface area (Å²) < 4.78 is 0. The van der Waals surface area contributed by atoms with E-state index in [4.69, 9.17) is 0 Å². The molecule has 1 amide bonds. The highest BCUT2D eigenvalue weighted by Crippen LogP contribution is 2.33. The van der Waals surface area contributed by atoms with Gasteiger partial charge in [-0.05, 0) is 62.0 Å². The van der Waals surface area contributed by atoms with Gasteiger partial charge in [0.2, 0.25) is 5.91 Å². The normalized spacial score (nSPS) is 32.4. The largest absolute Gasteiger partial charge is 0.342 e. The van der Waals surface area contributed by atoms with Crippen LogP contribution in [0.1, 0.15) is 49.7 Å². The Morgan fingerprint density at radius 1 is 1.13 bits per heavy atom. The number of nitrogens with zero attached hydrogens (tertiary/aromatic N) is 1. The van der Waals surface area contributed by atoms with E-state index in [1.807, 2.05) is 7.05 Å². The van der Waals surface area contributed by atoms with Crippen LogP contribution in [0.5, 0.6) is 0 Å². The molecule has 1 N–H and O–H groups in total. The molecule has 2 aliphatic heterocycles. The minimum Gasteiger partial charge on any atom is -0.342 e. The fraction of sp³-hybridized carbons (Fsp3) is 0.650. The van der Waals surface area contributed by atoms with Crippen LogP contribution in [0, 0.1) is 5.92 Å². The maximum Gasteiger partial charge on any atom is 0.222 e. The lowest BCUT2D eigenvalue weighted by molar-refractivity contribution is -0.133. The molecule has 3 unspecified atom stereocenters. The zero-order valence-electron chi connectivity index (χ0n) is 14.1. The maximum absolute atomic E-state index is 12.8. The first-order chi connectivity index (χ1) is 11.2. The van der Waals surface area contributed by atoms with Gasteiger partial charge < -0.3 is 10.2 Å². The third-order valence-corrected chi connectivity index (χ3v) is 6.30. The molecule has 2 saturated heterocycles. The average Bonchev–Trinajstić information content (AvgIpc) is 2.92. The first-order valence-corrected chi connectivity index (χ1v) is 9.27. The van der Waals surface area contributed by atoms with Gasteiger partial charge in [0.15, 0.2) is 0 Å². The zero-order valence-corrected chi connectivity index (χ0v) is 14.1. The Bertz CT molecular complexity index is 573. The van der Waals surface area contributed by atoms with Crippen molar-refractivity contribution in [1.82, 2.24) is 10.2 Å². The Labute approximate surface area is 139 Å². The molecule has 124 valence electrons. The lowest BCUT2D eigenvalue weighted by atomic mass is 9.86. The van der Waals surface area contributed by atoms with Crippen molar-refractivity contribution in [1.29, 1.82) is 0 Å². The Morgan fingerprint density at radius 3 is 2.57 bits per heavy atom. The van der Waals surface area contributed by atoms with Crippen molar-refractivity contribution in [2.24, 2.45) is 5.92 Å². The number of nitrogens with one attached hydrogen (secondary N) is 1. The number of hydrogen-bond donors (Lipinski definition) is 1.